The molecule has 182 valence electrons. The molecule has 8 nitrogen and oxygen atoms in total. The van der Waals surface area contributed by atoms with Crippen LogP contribution < -0.4 is 10.1 Å². The number of nitrogens with one attached hydrogen (secondary N) is 1. The number of amides is 1. The Morgan fingerprint density at radius 3 is 2.38 bits per heavy atom. The van der Waals surface area contributed by atoms with Gasteiger partial charge in [-0.15, -0.1) is 0 Å². The number of benzene rings is 2. The fourth-order valence-electron chi connectivity index (χ4n) is 2.97. The van der Waals surface area contributed by atoms with Crippen molar-refractivity contribution in [1.82, 2.24) is 4.31 Å². The standard InChI is InChI=1S/C25H30N2O6S/c1-5-16-32-21-12-9-20(10-13-21)11-15-25(29)33-18-24(28)26-23-17-22(14-8-19(23)4)34(30,31)27(6-2)7-3/h5,8-15,17H,1,6-7,16,18H2,2-4H3,(H,26,28)/b15-11+. The van der Waals surface area contributed by atoms with Gasteiger partial charge < -0.3 is 14.8 Å². The summed E-state index contributed by atoms with van der Waals surface area (Å²) >= 11 is 0. The molecule has 0 heterocycles. The number of anilines is 1. The molecule has 0 spiro atoms. The fourth-order valence-corrected chi connectivity index (χ4v) is 4.46. The predicted molar refractivity (Wildman–Crippen MR) is 132 cm³/mol. The molecule has 1 N–H and O–H groups in total. The van der Waals surface area contributed by atoms with Crippen LogP contribution >= 0.6 is 0 Å². The summed E-state index contributed by atoms with van der Waals surface area (Å²) in [6, 6.07) is 11.6. The smallest absolute Gasteiger partial charge is 0.331 e. The maximum absolute atomic E-state index is 12.7. The number of hydrogen-bond acceptors (Lipinski definition) is 6. The molecular weight excluding hydrogens is 456 g/mol. The maximum atomic E-state index is 12.7. The van der Waals surface area contributed by atoms with Crippen LogP contribution in [0, 0.1) is 6.92 Å². The van der Waals surface area contributed by atoms with Crippen LogP contribution in [0.2, 0.25) is 0 Å². The van der Waals surface area contributed by atoms with E-state index < -0.39 is 28.5 Å². The van der Waals surface area contributed by atoms with Crippen molar-refractivity contribution in [2.24, 2.45) is 0 Å². The molecule has 2 aromatic carbocycles. The Bertz CT molecular complexity index is 1140. The number of rotatable bonds is 12. The maximum Gasteiger partial charge on any atom is 0.331 e. The molecule has 0 bridgehead atoms. The van der Waals surface area contributed by atoms with Gasteiger partial charge in [0, 0.05) is 24.9 Å². The minimum absolute atomic E-state index is 0.0814. The van der Waals surface area contributed by atoms with Crippen LogP contribution in [0.5, 0.6) is 5.75 Å². The van der Waals surface area contributed by atoms with Crippen molar-refractivity contribution >= 4 is 33.7 Å². The first-order chi connectivity index (χ1) is 16.2. The van der Waals surface area contributed by atoms with Gasteiger partial charge in [-0.05, 0) is 48.4 Å². The van der Waals surface area contributed by atoms with E-state index in [0.717, 1.165) is 5.56 Å². The van der Waals surface area contributed by atoms with Crippen molar-refractivity contribution in [3.8, 4) is 5.75 Å². The summed E-state index contributed by atoms with van der Waals surface area (Å²) in [5, 5.41) is 2.61. The summed E-state index contributed by atoms with van der Waals surface area (Å²) in [6.07, 6.45) is 4.42. The van der Waals surface area contributed by atoms with Crippen molar-refractivity contribution in [3.63, 3.8) is 0 Å². The summed E-state index contributed by atoms with van der Waals surface area (Å²) in [5.74, 6) is -0.580. The highest BCUT2D eigenvalue weighted by Crippen LogP contribution is 2.23. The quantitative estimate of drug-likeness (QED) is 0.278. The summed E-state index contributed by atoms with van der Waals surface area (Å²) in [7, 11) is -3.67. The molecule has 34 heavy (non-hydrogen) atoms. The second kappa shape index (κ2) is 12.7. The number of sulfonamides is 1. The lowest BCUT2D eigenvalue weighted by Gasteiger charge is -2.19. The van der Waals surface area contributed by atoms with Gasteiger partial charge in [0.1, 0.15) is 12.4 Å². The van der Waals surface area contributed by atoms with Gasteiger partial charge in [-0.3, -0.25) is 4.79 Å². The monoisotopic (exact) mass is 486 g/mol. The van der Waals surface area contributed by atoms with Gasteiger partial charge in [-0.25, -0.2) is 13.2 Å². The van der Waals surface area contributed by atoms with E-state index in [1.165, 1.54) is 22.5 Å². The van der Waals surface area contributed by atoms with Crippen LogP contribution in [0.1, 0.15) is 25.0 Å². The van der Waals surface area contributed by atoms with Crippen molar-refractivity contribution in [2.45, 2.75) is 25.7 Å². The number of hydrogen-bond donors (Lipinski definition) is 1. The molecule has 0 aliphatic heterocycles. The SMILES string of the molecule is C=CCOc1ccc(/C=C/C(=O)OCC(=O)Nc2cc(S(=O)(=O)N(CC)CC)ccc2C)cc1. The van der Waals surface area contributed by atoms with E-state index >= 15 is 0 Å². The van der Waals surface area contributed by atoms with Crippen LogP contribution in [-0.2, 0) is 24.3 Å². The van der Waals surface area contributed by atoms with E-state index in [1.54, 1.807) is 63.3 Å². The van der Waals surface area contributed by atoms with Crippen LogP contribution in [-0.4, -0.2) is 50.9 Å². The van der Waals surface area contributed by atoms with E-state index in [-0.39, 0.29) is 4.90 Å². The van der Waals surface area contributed by atoms with Crippen LogP contribution in [0.3, 0.4) is 0 Å². The lowest BCUT2D eigenvalue weighted by atomic mass is 10.2. The minimum Gasteiger partial charge on any atom is -0.490 e. The Morgan fingerprint density at radius 1 is 1.09 bits per heavy atom. The lowest BCUT2D eigenvalue weighted by molar-refractivity contribution is -0.142. The van der Waals surface area contributed by atoms with E-state index in [0.29, 0.717) is 36.7 Å². The third-order valence-corrected chi connectivity index (χ3v) is 6.88. The molecule has 0 aromatic heterocycles. The zero-order chi connectivity index (χ0) is 25.1. The van der Waals surface area contributed by atoms with Crippen molar-refractivity contribution in [2.75, 3.05) is 31.6 Å². The Labute approximate surface area is 200 Å². The highest BCUT2D eigenvalue weighted by molar-refractivity contribution is 7.89. The Hall–Kier alpha value is -3.43. The average molecular weight is 487 g/mol. The van der Waals surface area contributed by atoms with Crippen LogP contribution in [0.15, 0.2) is 66.1 Å². The van der Waals surface area contributed by atoms with E-state index in [4.69, 9.17) is 9.47 Å². The molecule has 2 aromatic rings. The number of nitrogens with zero attached hydrogens (tertiary/aromatic N) is 1. The molecule has 2 rings (SSSR count). The minimum atomic E-state index is -3.67. The molecule has 0 saturated heterocycles. The second-order valence-electron chi connectivity index (χ2n) is 7.22. The molecule has 0 unspecified atom stereocenters. The zero-order valence-electron chi connectivity index (χ0n) is 19.6. The average Bonchev–Trinajstić information content (AvgIpc) is 2.82. The van der Waals surface area contributed by atoms with Crippen molar-refractivity contribution < 1.29 is 27.5 Å². The third-order valence-electron chi connectivity index (χ3n) is 4.83. The summed E-state index contributed by atoms with van der Waals surface area (Å²) < 4.78 is 37.2. The summed E-state index contributed by atoms with van der Waals surface area (Å²) in [5.41, 5.74) is 1.77. The van der Waals surface area contributed by atoms with Crippen LogP contribution in [0.25, 0.3) is 6.08 Å². The van der Waals surface area contributed by atoms with Crippen molar-refractivity contribution in [1.29, 1.82) is 0 Å². The number of esters is 1. The first-order valence-electron chi connectivity index (χ1n) is 10.8. The molecule has 9 heteroatoms. The molecule has 0 aliphatic carbocycles. The van der Waals surface area contributed by atoms with Crippen LogP contribution in [0.4, 0.5) is 5.69 Å². The van der Waals surface area contributed by atoms with Gasteiger partial charge in [0.05, 0.1) is 4.90 Å². The van der Waals surface area contributed by atoms with Crippen molar-refractivity contribution in [3.05, 3.63) is 72.3 Å². The normalized spacial score (nSPS) is 11.4. The number of carbonyl (C=O) groups is 2. The topological polar surface area (TPSA) is 102 Å². The Morgan fingerprint density at radius 2 is 1.76 bits per heavy atom. The summed E-state index contributed by atoms with van der Waals surface area (Å²) in [6.45, 7) is 9.41. The highest BCUT2D eigenvalue weighted by atomic mass is 32.2. The van der Waals surface area contributed by atoms with Gasteiger partial charge in [-0.1, -0.05) is 44.7 Å². The second-order valence-corrected chi connectivity index (χ2v) is 9.16. The highest BCUT2D eigenvalue weighted by Gasteiger charge is 2.22. The number of ether oxygens (including phenoxy) is 2. The number of carbonyl (C=O) groups excluding carboxylic acids is 2. The Balaban J connectivity index is 1.95. The van der Waals surface area contributed by atoms with Gasteiger partial charge in [0.2, 0.25) is 10.0 Å². The summed E-state index contributed by atoms with van der Waals surface area (Å²) in [4.78, 5) is 24.3. The zero-order valence-corrected chi connectivity index (χ0v) is 20.4. The fraction of sp³-hybridized carbons (Fsp3) is 0.280. The largest absolute Gasteiger partial charge is 0.490 e. The lowest BCUT2D eigenvalue weighted by Crippen LogP contribution is -2.30. The molecule has 1 amide bonds. The van der Waals surface area contributed by atoms with E-state index in [9.17, 15) is 18.0 Å². The molecular formula is C25H30N2O6S. The first kappa shape index (κ1) is 26.8. The van der Waals surface area contributed by atoms with Gasteiger partial charge >= 0.3 is 5.97 Å². The molecule has 0 atom stereocenters. The third kappa shape index (κ3) is 7.57. The Kier molecular flexibility index (Phi) is 10.0. The van der Waals surface area contributed by atoms with Gasteiger partial charge in [0.25, 0.3) is 5.91 Å². The molecule has 0 aliphatic rings. The number of aryl methyl sites for hydroxylation is 1. The van der Waals surface area contributed by atoms with E-state index in [1.807, 2.05) is 0 Å². The van der Waals surface area contributed by atoms with E-state index in [2.05, 4.69) is 11.9 Å². The molecule has 0 fully saturated rings. The molecule has 0 radical (unpaired) electrons. The van der Waals surface area contributed by atoms with Gasteiger partial charge in [-0.2, -0.15) is 4.31 Å². The first-order valence-corrected chi connectivity index (χ1v) is 12.2. The van der Waals surface area contributed by atoms with Gasteiger partial charge in [0.15, 0.2) is 6.61 Å². The predicted octanol–water partition coefficient (Wildman–Crippen LogP) is 3.79. The molecule has 0 saturated carbocycles.